The normalized spacial score (nSPS) is 18.5. The molecule has 8 heteroatoms. The van der Waals surface area contributed by atoms with Gasteiger partial charge in [0.1, 0.15) is 5.41 Å². The third-order valence-electron chi connectivity index (χ3n) is 3.47. The van der Waals surface area contributed by atoms with Gasteiger partial charge in [0.15, 0.2) is 11.7 Å². The molecular weight excluding hydrogens is 250 g/mol. The highest BCUT2D eigenvalue weighted by molar-refractivity contribution is 6.06. The second kappa shape index (κ2) is 5.25. The van der Waals surface area contributed by atoms with Crippen LogP contribution in [0.4, 0.5) is 0 Å². The topological polar surface area (TPSA) is 127 Å². The van der Waals surface area contributed by atoms with Crippen LogP contribution in [0.2, 0.25) is 0 Å². The number of oxime groups is 1. The Kier molecular flexibility index (Phi) is 3.68. The summed E-state index contributed by atoms with van der Waals surface area (Å²) < 4.78 is 4.82. The summed E-state index contributed by atoms with van der Waals surface area (Å²) in [4.78, 5) is 16.3. The summed E-state index contributed by atoms with van der Waals surface area (Å²) in [6, 6.07) is 0. The predicted molar refractivity (Wildman–Crippen MR) is 65.2 cm³/mol. The van der Waals surface area contributed by atoms with E-state index in [4.69, 9.17) is 15.5 Å². The van der Waals surface area contributed by atoms with Crippen LogP contribution in [0.3, 0.4) is 0 Å². The number of nitrogens with one attached hydrogen (secondary N) is 1. The number of hydrogen-bond donors (Lipinski definition) is 3. The Labute approximate surface area is 110 Å². The van der Waals surface area contributed by atoms with E-state index in [9.17, 15) is 4.79 Å². The summed E-state index contributed by atoms with van der Waals surface area (Å²) in [5.41, 5.74) is 4.77. The summed E-state index contributed by atoms with van der Waals surface area (Å²) in [6.45, 7) is 1.84. The number of nitrogens with two attached hydrogens (primary N) is 1. The molecule has 0 spiro atoms. The molecule has 1 aliphatic rings. The molecule has 1 amide bonds. The van der Waals surface area contributed by atoms with Crippen molar-refractivity contribution >= 4 is 11.7 Å². The van der Waals surface area contributed by atoms with Crippen LogP contribution in [0.1, 0.15) is 37.4 Å². The number of nitrogens with zero attached hydrogens (tertiary/aromatic N) is 3. The lowest BCUT2D eigenvalue weighted by Gasteiger charge is -2.25. The lowest BCUT2D eigenvalue weighted by atomic mass is 9.84. The molecule has 4 N–H and O–H groups in total. The molecule has 104 valence electrons. The molecule has 1 fully saturated rings. The molecule has 1 saturated carbocycles. The fourth-order valence-corrected chi connectivity index (χ4v) is 2.42. The first-order valence-electron chi connectivity index (χ1n) is 6.14. The fraction of sp³-hybridized carbons (Fsp3) is 0.636. The van der Waals surface area contributed by atoms with Crippen LogP contribution in [0.25, 0.3) is 0 Å². The largest absolute Gasteiger partial charge is 0.409 e. The number of rotatable bonds is 4. The first kappa shape index (κ1) is 13.3. The van der Waals surface area contributed by atoms with Crippen LogP contribution in [0, 0.1) is 12.3 Å². The molecule has 1 aliphatic carbocycles. The summed E-state index contributed by atoms with van der Waals surface area (Å²) in [5.74, 6) is 0.546. The van der Waals surface area contributed by atoms with Crippen molar-refractivity contribution in [2.45, 2.75) is 39.2 Å². The predicted octanol–water partition coefficient (Wildman–Crippen LogP) is 0.301. The van der Waals surface area contributed by atoms with E-state index in [2.05, 4.69) is 20.6 Å². The molecule has 1 aromatic rings. The molecule has 0 radical (unpaired) electrons. The highest BCUT2D eigenvalue weighted by Gasteiger charge is 2.45. The van der Waals surface area contributed by atoms with Crippen molar-refractivity contribution in [1.29, 1.82) is 0 Å². The van der Waals surface area contributed by atoms with Crippen LogP contribution in [-0.2, 0) is 11.3 Å². The minimum absolute atomic E-state index is 0.0354. The molecule has 2 rings (SSSR count). The van der Waals surface area contributed by atoms with Crippen molar-refractivity contribution in [2.75, 3.05) is 0 Å². The Bertz CT molecular complexity index is 490. The average molecular weight is 267 g/mol. The summed E-state index contributed by atoms with van der Waals surface area (Å²) in [6.07, 6.45) is 2.93. The van der Waals surface area contributed by atoms with Gasteiger partial charge < -0.3 is 20.8 Å². The molecule has 8 nitrogen and oxygen atoms in total. The first-order chi connectivity index (χ1) is 9.08. The Morgan fingerprint density at radius 3 is 2.79 bits per heavy atom. The molecule has 0 atom stereocenters. The van der Waals surface area contributed by atoms with Gasteiger partial charge in [-0.1, -0.05) is 23.2 Å². The highest BCUT2D eigenvalue weighted by Crippen LogP contribution is 2.38. The zero-order chi connectivity index (χ0) is 13.9. The van der Waals surface area contributed by atoms with Crippen LogP contribution in [0.15, 0.2) is 9.68 Å². The molecule has 0 aromatic carbocycles. The highest BCUT2D eigenvalue weighted by atomic mass is 16.5. The third-order valence-corrected chi connectivity index (χ3v) is 3.47. The maximum absolute atomic E-state index is 12.3. The molecule has 1 aromatic heterocycles. The zero-order valence-corrected chi connectivity index (χ0v) is 10.7. The Morgan fingerprint density at radius 1 is 1.58 bits per heavy atom. The second-order valence-electron chi connectivity index (χ2n) is 4.69. The van der Waals surface area contributed by atoms with E-state index >= 15 is 0 Å². The molecule has 0 aliphatic heterocycles. The Morgan fingerprint density at radius 2 is 2.26 bits per heavy atom. The van der Waals surface area contributed by atoms with E-state index in [0.29, 0.717) is 24.6 Å². The lowest BCUT2D eigenvalue weighted by Crippen LogP contribution is -2.48. The molecular formula is C11H17N5O3. The van der Waals surface area contributed by atoms with Crippen LogP contribution in [-0.4, -0.2) is 27.1 Å². The van der Waals surface area contributed by atoms with E-state index in [1.807, 2.05) is 0 Å². The standard InChI is InChI=1S/C11H17N5O3/c1-7-14-8(16-19-7)6-13-10(17)11(9(12)15-18)4-2-3-5-11/h18H,2-6H2,1H3,(H2,12,15)(H,13,17). The van der Waals surface area contributed by atoms with Gasteiger partial charge in [0.05, 0.1) is 6.54 Å². The van der Waals surface area contributed by atoms with Crippen molar-refractivity contribution in [2.24, 2.45) is 16.3 Å². The number of carbonyl (C=O) groups is 1. The first-order valence-corrected chi connectivity index (χ1v) is 6.14. The van der Waals surface area contributed by atoms with Gasteiger partial charge in [-0.05, 0) is 12.8 Å². The van der Waals surface area contributed by atoms with E-state index in [1.54, 1.807) is 6.92 Å². The minimum atomic E-state index is -0.909. The number of aryl methyl sites for hydroxylation is 1. The number of carbonyl (C=O) groups excluding carboxylic acids is 1. The zero-order valence-electron chi connectivity index (χ0n) is 10.7. The molecule has 0 bridgehead atoms. The van der Waals surface area contributed by atoms with Crippen molar-refractivity contribution in [3.8, 4) is 0 Å². The third kappa shape index (κ3) is 2.51. The second-order valence-corrected chi connectivity index (χ2v) is 4.69. The Hall–Kier alpha value is -2.12. The van der Waals surface area contributed by atoms with Gasteiger partial charge in [-0.2, -0.15) is 4.98 Å². The van der Waals surface area contributed by atoms with Gasteiger partial charge in [-0.3, -0.25) is 4.79 Å². The van der Waals surface area contributed by atoms with E-state index in [0.717, 1.165) is 12.8 Å². The average Bonchev–Trinajstić information content (AvgIpc) is 3.04. The van der Waals surface area contributed by atoms with Crippen LogP contribution >= 0.6 is 0 Å². The van der Waals surface area contributed by atoms with Gasteiger partial charge in [-0.15, -0.1) is 0 Å². The summed E-state index contributed by atoms with van der Waals surface area (Å²) in [5, 5.41) is 18.3. The van der Waals surface area contributed by atoms with E-state index in [-0.39, 0.29) is 18.3 Å². The number of amides is 1. The molecule has 0 unspecified atom stereocenters. The molecule has 0 saturated heterocycles. The van der Waals surface area contributed by atoms with Gasteiger partial charge in [0.25, 0.3) is 0 Å². The fourth-order valence-electron chi connectivity index (χ4n) is 2.42. The van der Waals surface area contributed by atoms with Gasteiger partial charge >= 0.3 is 0 Å². The minimum Gasteiger partial charge on any atom is -0.409 e. The molecule has 19 heavy (non-hydrogen) atoms. The van der Waals surface area contributed by atoms with Crippen molar-refractivity contribution < 1.29 is 14.5 Å². The van der Waals surface area contributed by atoms with Gasteiger partial charge in [-0.25, -0.2) is 0 Å². The van der Waals surface area contributed by atoms with Gasteiger partial charge in [0.2, 0.25) is 11.8 Å². The van der Waals surface area contributed by atoms with Crippen molar-refractivity contribution in [3.63, 3.8) is 0 Å². The summed E-state index contributed by atoms with van der Waals surface area (Å²) >= 11 is 0. The van der Waals surface area contributed by atoms with Crippen LogP contribution < -0.4 is 11.1 Å². The lowest BCUT2D eigenvalue weighted by molar-refractivity contribution is -0.127. The number of aromatic nitrogens is 2. The van der Waals surface area contributed by atoms with E-state index in [1.165, 1.54) is 0 Å². The maximum atomic E-state index is 12.3. The summed E-state index contributed by atoms with van der Waals surface area (Å²) in [7, 11) is 0. The molecule has 1 heterocycles. The van der Waals surface area contributed by atoms with Crippen molar-refractivity contribution in [1.82, 2.24) is 15.5 Å². The van der Waals surface area contributed by atoms with E-state index < -0.39 is 5.41 Å². The quantitative estimate of drug-likeness (QED) is 0.311. The maximum Gasteiger partial charge on any atom is 0.234 e. The van der Waals surface area contributed by atoms with Gasteiger partial charge in [0, 0.05) is 6.92 Å². The van der Waals surface area contributed by atoms with Crippen LogP contribution in [0.5, 0.6) is 0 Å². The SMILES string of the molecule is Cc1nc(CNC(=O)C2(C(N)=NO)CCCC2)no1. The number of hydrogen-bond acceptors (Lipinski definition) is 6. The Balaban J connectivity index is 2.04. The monoisotopic (exact) mass is 267 g/mol. The van der Waals surface area contributed by atoms with Crippen molar-refractivity contribution in [3.05, 3.63) is 11.7 Å². The smallest absolute Gasteiger partial charge is 0.234 e. The number of amidine groups is 1.